The van der Waals surface area contributed by atoms with Crippen LogP contribution in [0.4, 0.5) is 5.69 Å². The minimum absolute atomic E-state index is 0.110. The molecule has 4 aromatic rings. The Labute approximate surface area is 207 Å². The van der Waals surface area contributed by atoms with E-state index in [2.05, 4.69) is 25.8 Å². The number of para-hydroxylation sites is 2. The fourth-order valence-corrected chi connectivity index (χ4v) is 4.43. The Kier molecular flexibility index (Phi) is 6.58. The van der Waals surface area contributed by atoms with Gasteiger partial charge in [0.25, 0.3) is 5.91 Å². The van der Waals surface area contributed by atoms with Gasteiger partial charge in [0.05, 0.1) is 22.7 Å². The molecular formula is C26H24N6O2S. The number of hydrogen-bond acceptors (Lipinski definition) is 6. The highest BCUT2D eigenvalue weighted by molar-refractivity contribution is 7.99. The summed E-state index contributed by atoms with van der Waals surface area (Å²) < 4.78 is 1.96. The van der Waals surface area contributed by atoms with E-state index in [0.717, 1.165) is 29.7 Å². The van der Waals surface area contributed by atoms with Crippen molar-refractivity contribution in [2.45, 2.75) is 31.0 Å². The van der Waals surface area contributed by atoms with E-state index in [9.17, 15) is 9.59 Å². The molecule has 1 saturated carbocycles. The van der Waals surface area contributed by atoms with Gasteiger partial charge in [-0.15, -0.1) is 10.2 Å². The molecule has 35 heavy (non-hydrogen) atoms. The van der Waals surface area contributed by atoms with Crippen LogP contribution in [-0.2, 0) is 4.79 Å². The third kappa shape index (κ3) is 5.25. The number of rotatable bonds is 8. The van der Waals surface area contributed by atoms with Gasteiger partial charge in [-0.05, 0) is 55.7 Å². The van der Waals surface area contributed by atoms with Gasteiger partial charge in [-0.25, -0.2) is 0 Å². The second-order valence-corrected chi connectivity index (χ2v) is 9.24. The highest BCUT2D eigenvalue weighted by atomic mass is 32.2. The zero-order valence-electron chi connectivity index (χ0n) is 19.1. The van der Waals surface area contributed by atoms with E-state index in [0.29, 0.717) is 22.2 Å². The van der Waals surface area contributed by atoms with Crippen molar-refractivity contribution < 1.29 is 9.59 Å². The molecule has 2 aromatic heterocycles. The van der Waals surface area contributed by atoms with Crippen LogP contribution in [0.25, 0.3) is 17.1 Å². The van der Waals surface area contributed by atoms with E-state index in [4.69, 9.17) is 0 Å². The van der Waals surface area contributed by atoms with Crippen molar-refractivity contribution in [3.05, 3.63) is 84.2 Å². The van der Waals surface area contributed by atoms with Crippen LogP contribution in [0, 0.1) is 6.92 Å². The van der Waals surface area contributed by atoms with Crippen molar-refractivity contribution in [2.75, 3.05) is 11.1 Å². The van der Waals surface area contributed by atoms with E-state index >= 15 is 0 Å². The molecule has 0 unspecified atom stereocenters. The highest BCUT2D eigenvalue weighted by Crippen LogP contribution is 2.29. The van der Waals surface area contributed by atoms with Crippen molar-refractivity contribution in [3.8, 4) is 17.1 Å². The summed E-state index contributed by atoms with van der Waals surface area (Å²) >= 11 is 1.29. The third-order valence-corrected chi connectivity index (χ3v) is 6.55. The van der Waals surface area contributed by atoms with Crippen LogP contribution in [0.2, 0.25) is 0 Å². The first-order valence-corrected chi connectivity index (χ1v) is 12.3. The number of carbonyl (C=O) groups is 2. The lowest BCUT2D eigenvalue weighted by molar-refractivity contribution is -0.113. The summed E-state index contributed by atoms with van der Waals surface area (Å²) in [6.07, 6.45) is 5.42. The number of nitrogens with one attached hydrogen (secondary N) is 2. The fraction of sp³-hybridized carbons (Fsp3) is 0.192. The summed E-state index contributed by atoms with van der Waals surface area (Å²) in [6.45, 7) is 2.02. The Balaban J connectivity index is 1.36. The molecule has 1 aliphatic rings. The van der Waals surface area contributed by atoms with Crippen molar-refractivity contribution >= 4 is 29.3 Å². The van der Waals surface area contributed by atoms with Crippen LogP contribution in [0.1, 0.15) is 28.8 Å². The Morgan fingerprint density at radius 1 is 1.00 bits per heavy atom. The van der Waals surface area contributed by atoms with Crippen molar-refractivity contribution in [1.82, 2.24) is 25.1 Å². The highest BCUT2D eigenvalue weighted by Gasteiger charge is 2.25. The molecule has 1 fully saturated rings. The second kappa shape index (κ2) is 10.1. The molecular weight excluding hydrogens is 460 g/mol. The van der Waals surface area contributed by atoms with Crippen LogP contribution >= 0.6 is 11.8 Å². The van der Waals surface area contributed by atoms with Gasteiger partial charge in [0.2, 0.25) is 5.91 Å². The van der Waals surface area contributed by atoms with Gasteiger partial charge in [0, 0.05) is 24.0 Å². The van der Waals surface area contributed by atoms with Crippen molar-refractivity contribution in [3.63, 3.8) is 0 Å². The maximum Gasteiger partial charge on any atom is 0.253 e. The number of hydrogen-bond donors (Lipinski definition) is 2. The number of amides is 2. The molecule has 0 radical (unpaired) electrons. The van der Waals surface area contributed by atoms with E-state index in [1.807, 2.05) is 47.9 Å². The van der Waals surface area contributed by atoms with Crippen LogP contribution in [0.3, 0.4) is 0 Å². The SMILES string of the molecule is Cc1ccccc1-n1c(SCC(=O)Nc2ccccc2C(=O)NC2CC2)nnc1-c1ccncc1. The van der Waals surface area contributed by atoms with E-state index < -0.39 is 0 Å². The van der Waals surface area contributed by atoms with Gasteiger partial charge in [-0.2, -0.15) is 0 Å². The summed E-state index contributed by atoms with van der Waals surface area (Å²) in [5.74, 6) is 0.384. The van der Waals surface area contributed by atoms with Gasteiger partial charge < -0.3 is 10.6 Å². The number of thioether (sulfide) groups is 1. The number of carbonyl (C=O) groups excluding carboxylic acids is 2. The largest absolute Gasteiger partial charge is 0.349 e. The molecule has 2 heterocycles. The molecule has 176 valence electrons. The lowest BCUT2D eigenvalue weighted by Gasteiger charge is -2.13. The number of benzene rings is 2. The number of aryl methyl sites for hydroxylation is 1. The molecule has 5 rings (SSSR count). The van der Waals surface area contributed by atoms with E-state index in [1.165, 1.54) is 11.8 Å². The standard InChI is InChI=1S/C26H24N6O2S/c1-17-6-2-5-9-22(17)32-24(18-12-14-27-15-13-18)30-31-26(32)35-16-23(33)29-21-8-4-3-7-20(21)25(34)28-19-10-11-19/h2-9,12-15,19H,10-11,16H2,1H3,(H,28,34)(H,29,33). The molecule has 0 aliphatic heterocycles. The topological polar surface area (TPSA) is 102 Å². The minimum Gasteiger partial charge on any atom is -0.349 e. The van der Waals surface area contributed by atoms with Gasteiger partial charge in [0.15, 0.2) is 11.0 Å². The molecule has 1 aliphatic carbocycles. The predicted molar refractivity (Wildman–Crippen MR) is 136 cm³/mol. The first-order valence-electron chi connectivity index (χ1n) is 11.3. The third-order valence-electron chi connectivity index (χ3n) is 5.62. The number of nitrogens with zero attached hydrogens (tertiary/aromatic N) is 4. The molecule has 2 N–H and O–H groups in total. The van der Waals surface area contributed by atoms with Gasteiger partial charge in [-0.1, -0.05) is 42.1 Å². The maximum absolute atomic E-state index is 12.9. The van der Waals surface area contributed by atoms with Crippen molar-refractivity contribution in [2.24, 2.45) is 0 Å². The summed E-state index contributed by atoms with van der Waals surface area (Å²) in [6, 6.07) is 19.0. The number of anilines is 1. The summed E-state index contributed by atoms with van der Waals surface area (Å²) in [5.41, 5.74) is 3.83. The summed E-state index contributed by atoms with van der Waals surface area (Å²) in [7, 11) is 0. The van der Waals surface area contributed by atoms with Crippen LogP contribution < -0.4 is 10.6 Å². The van der Waals surface area contributed by atoms with Crippen LogP contribution in [0.15, 0.2) is 78.2 Å². The maximum atomic E-state index is 12.9. The normalized spacial score (nSPS) is 12.8. The minimum atomic E-state index is -0.230. The van der Waals surface area contributed by atoms with Crippen molar-refractivity contribution in [1.29, 1.82) is 0 Å². The van der Waals surface area contributed by atoms with Gasteiger partial charge in [0.1, 0.15) is 0 Å². The summed E-state index contributed by atoms with van der Waals surface area (Å²) in [5, 5.41) is 15.2. The smallest absolute Gasteiger partial charge is 0.253 e. The lowest BCUT2D eigenvalue weighted by atomic mass is 10.1. The van der Waals surface area contributed by atoms with Gasteiger partial charge >= 0.3 is 0 Å². The molecule has 8 nitrogen and oxygen atoms in total. The predicted octanol–water partition coefficient (Wildman–Crippen LogP) is 4.26. The zero-order chi connectivity index (χ0) is 24.2. The monoisotopic (exact) mass is 484 g/mol. The first kappa shape index (κ1) is 22.8. The Bertz CT molecular complexity index is 1370. The lowest BCUT2D eigenvalue weighted by Crippen LogP contribution is -2.27. The van der Waals surface area contributed by atoms with E-state index in [-0.39, 0.29) is 23.6 Å². The molecule has 0 bridgehead atoms. The number of aromatic nitrogens is 4. The second-order valence-electron chi connectivity index (χ2n) is 8.29. The average molecular weight is 485 g/mol. The van der Waals surface area contributed by atoms with Crippen LogP contribution in [0.5, 0.6) is 0 Å². The molecule has 0 atom stereocenters. The molecule has 0 spiro atoms. The Morgan fingerprint density at radius 2 is 1.74 bits per heavy atom. The fourth-order valence-electron chi connectivity index (χ4n) is 3.68. The molecule has 0 saturated heterocycles. The first-order chi connectivity index (χ1) is 17.1. The Morgan fingerprint density at radius 3 is 2.51 bits per heavy atom. The average Bonchev–Trinajstić information content (AvgIpc) is 3.59. The Hall–Kier alpha value is -3.98. The molecule has 2 amide bonds. The molecule has 2 aromatic carbocycles. The zero-order valence-corrected chi connectivity index (χ0v) is 20.0. The number of pyridine rings is 1. The van der Waals surface area contributed by atoms with E-state index in [1.54, 1.807) is 36.7 Å². The van der Waals surface area contributed by atoms with Crippen LogP contribution in [-0.4, -0.2) is 43.4 Å². The quantitative estimate of drug-likeness (QED) is 0.362. The van der Waals surface area contributed by atoms with Gasteiger partial charge in [-0.3, -0.25) is 19.1 Å². The molecule has 9 heteroatoms. The summed E-state index contributed by atoms with van der Waals surface area (Å²) in [4.78, 5) is 29.5.